The van der Waals surface area contributed by atoms with Crippen molar-refractivity contribution in [3.8, 4) is 0 Å². The Kier molecular flexibility index (Phi) is 9.92. The lowest BCUT2D eigenvalue weighted by Crippen LogP contribution is -2.32. The van der Waals surface area contributed by atoms with E-state index in [4.69, 9.17) is 9.47 Å². The second-order valence-corrected chi connectivity index (χ2v) is 4.70. The zero-order chi connectivity index (χ0) is 12.4. The molecule has 0 bridgehead atoms. The molecule has 0 aromatic rings. The Balaban J connectivity index is 3.20. The van der Waals surface area contributed by atoms with Gasteiger partial charge in [0, 0.05) is 6.54 Å². The van der Waals surface area contributed by atoms with Gasteiger partial charge in [-0.1, -0.05) is 13.8 Å². The van der Waals surface area contributed by atoms with E-state index >= 15 is 0 Å². The first-order valence-electron chi connectivity index (χ1n) is 6.10. The smallest absolute Gasteiger partial charge is 0.0897 e. The van der Waals surface area contributed by atoms with Crippen molar-refractivity contribution in [1.29, 1.82) is 0 Å². The topological polar surface area (TPSA) is 50.7 Å². The lowest BCUT2D eigenvalue weighted by atomic mass is 10.2. The SMILES string of the molecule is CC(C)CNCC(O)COCCOC(C)C. The van der Waals surface area contributed by atoms with Gasteiger partial charge >= 0.3 is 0 Å². The van der Waals surface area contributed by atoms with Gasteiger partial charge in [-0.15, -0.1) is 0 Å². The van der Waals surface area contributed by atoms with E-state index in [-0.39, 0.29) is 6.10 Å². The summed E-state index contributed by atoms with van der Waals surface area (Å²) in [5.41, 5.74) is 0. The standard InChI is InChI=1S/C12H27NO3/c1-10(2)7-13-8-12(14)9-15-5-6-16-11(3)4/h10-14H,5-9H2,1-4H3. The zero-order valence-corrected chi connectivity index (χ0v) is 11.0. The van der Waals surface area contributed by atoms with Gasteiger partial charge in [0.1, 0.15) is 0 Å². The van der Waals surface area contributed by atoms with Crippen LogP contribution in [0.5, 0.6) is 0 Å². The van der Waals surface area contributed by atoms with Gasteiger partial charge in [-0.05, 0) is 26.3 Å². The van der Waals surface area contributed by atoms with E-state index in [0.29, 0.717) is 32.3 Å². The van der Waals surface area contributed by atoms with Crippen LogP contribution in [0.15, 0.2) is 0 Å². The molecule has 16 heavy (non-hydrogen) atoms. The third kappa shape index (κ3) is 11.9. The third-order valence-corrected chi connectivity index (χ3v) is 1.92. The average molecular weight is 233 g/mol. The molecule has 0 aromatic carbocycles. The van der Waals surface area contributed by atoms with Crippen LogP contribution in [0.3, 0.4) is 0 Å². The lowest BCUT2D eigenvalue weighted by molar-refractivity contribution is -0.0100. The van der Waals surface area contributed by atoms with Crippen LogP contribution in [-0.4, -0.2) is 50.2 Å². The fourth-order valence-electron chi connectivity index (χ4n) is 1.16. The fraction of sp³-hybridized carbons (Fsp3) is 1.00. The molecule has 0 saturated heterocycles. The summed E-state index contributed by atoms with van der Waals surface area (Å²) >= 11 is 0. The summed E-state index contributed by atoms with van der Waals surface area (Å²) in [7, 11) is 0. The van der Waals surface area contributed by atoms with Crippen molar-refractivity contribution in [2.45, 2.75) is 39.9 Å². The molecule has 2 N–H and O–H groups in total. The van der Waals surface area contributed by atoms with E-state index in [1.807, 2.05) is 13.8 Å². The summed E-state index contributed by atoms with van der Waals surface area (Å²) in [6.07, 6.45) is -0.195. The monoisotopic (exact) mass is 233 g/mol. The van der Waals surface area contributed by atoms with Crippen LogP contribution >= 0.6 is 0 Å². The van der Waals surface area contributed by atoms with Crippen LogP contribution in [0.1, 0.15) is 27.7 Å². The van der Waals surface area contributed by atoms with Gasteiger partial charge in [0.25, 0.3) is 0 Å². The van der Waals surface area contributed by atoms with E-state index in [2.05, 4.69) is 19.2 Å². The maximum atomic E-state index is 9.54. The molecule has 0 radical (unpaired) electrons. The molecule has 98 valence electrons. The second-order valence-electron chi connectivity index (χ2n) is 4.70. The number of ether oxygens (including phenoxy) is 2. The zero-order valence-electron chi connectivity index (χ0n) is 11.0. The number of hydrogen-bond donors (Lipinski definition) is 2. The summed E-state index contributed by atoms with van der Waals surface area (Å²) in [5.74, 6) is 0.604. The van der Waals surface area contributed by atoms with Crippen molar-refractivity contribution in [1.82, 2.24) is 5.32 Å². The minimum absolute atomic E-state index is 0.237. The Hall–Kier alpha value is -0.160. The third-order valence-electron chi connectivity index (χ3n) is 1.92. The molecular weight excluding hydrogens is 206 g/mol. The Morgan fingerprint density at radius 1 is 1.06 bits per heavy atom. The molecule has 1 atom stereocenters. The summed E-state index contributed by atoms with van der Waals surface area (Å²) in [6.45, 7) is 11.3. The molecule has 0 aromatic heterocycles. The van der Waals surface area contributed by atoms with Crippen LogP contribution in [0.2, 0.25) is 0 Å². The molecular formula is C12H27NO3. The van der Waals surface area contributed by atoms with Crippen molar-refractivity contribution in [3.63, 3.8) is 0 Å². The number of hydrogen-bond acceptors (Lipinski definition) is 4. The number of rotatable bonds is 10. The normalized spacial score (nSPS) is 13.7. The molecule has 0 spiro atoms. The Morgan fingerprint density at radius 2 is 1.75 bits per heavy atom. The van der Waals surface area contributed by atoms with Gasteiger partial charge in [-0.2, -0.15) is 0 Å². The van der Waals surface area contributed by atoms with Crippen molar-refractivity contribution in [3.05, 3.63) is 0 Å². The van der Waals surface area contributed by atoms with E-state index in [0.717, 1.165) is 6.54 Å². The first-order chi connectivity index (χ1) is 7.52. The Bertz CT molecular complexity index is 151. The summed E-state index contributed by atoms with van der Waals surface area (Å²) in [5, 5.41) is 12.7. The molecule has 1 unspecified atom stereocenters. The number of nitrogens with one attached hydrogen (secondary N) is 1. The summed E-state index contributed by atoms with van der Waals surface area (Å²) in [6, 6.07) is 0. The van der Waals surface area contributed by atoms with Crippen LogP contribution in [-0.2, 0) is 9.47 Å². The first-order valence-corrected chi connectivity index (χ1v) is 6.10. The number of aliphatic hydroxyl groups is 1. The highest BCUT2D eigenvalue weighted by Gasteiger charge is 2.04. The summed E-state index contributed by atoms with van der Waals surface area (Å²) < 4.78 is 10.6. The highest BCUT2D eigenvalue weighted by molar-refractivity contribution is 4.59. The maximum absolute atomic E-state index is 9.54. The lowest BCUT2D eigenvalue weighted by Gasteiger charge is -2.14. The van der Waals surface area contributed by atoms with E-state index in [1.165, 1.54) is 0 Å². The number of aliphatic hydroxyl groups excluding tert-OH is 1. The second kappa shape index (κ2) is 10.0. The van der Waals surface area contributed by atoms with Crippen LogP contribution < -0.4 is 5.32 Å². The van der Waals surface area contributed by atoms with Crippen LogP contribution in [0.4, 0.5) is 0 Å². The quantitative estimate of drug-likeness (QED) is 0.553. The molecule has 0 heterocycles. The molecule has 0 aliphatic heterocycles. The molecule has 4 nitrogen and oxygen atoms in total. The molecule has 0 saturated carbocycles. The average Bonchev–Trinajstić information content (AvgIpc) is 2.16. The first kappa shape index (κ1) is 15.8. The van der Waals surface area contributed by atoms with Crippen molar-refractivity contribution < 1.29 is 14.6 Å². The Labute approximate surface area is 99.3 Å². The van der Waals surface area contributed by atoms with Gasteiger partial charge in [0.2, 0.25) is 0 Å². The van der Waals surface area contributed by atoms with Gasteiger partial charge in [-0.3, -0.25) is 0 Å². The fourth-order valence-corrected chi connectivity index (χ4v) is 1.16. The van der Waals surface area contributed by atoms with Gasteiger partial charge in [-0.25, -0.2) is 0 Å². The van der Waals surface area contributed by atoms with Crippen LogP contribution in [0, 0.1) is 5.92 Å². The Morgan fingerprint density at radius 3 is 2.31 bits per heavy atom. The van der Waals surface area contributed by atoms with E-state index in [1.54, 1.807) is 0 Å². The van der Waals surface area contributed by atoms with E-state index < -0.39 is 6.10 Å². The molecule has 0 amide bonds. The van der Waals surface area contributed by atoms with Gasteiger partial charge in [0.05, 0.1) is 32.0 Å². The molecule has 0 fully saturated rings. The molecule has 4 heteroatoms. The van der Waals surface area contributed by atoms with Gasteiger partial charge in [0.15, 0.2) is 0 Å². The molecule has 0 aliphatic carbocycles. The van der Waals surface area contributed by atoms with Crippen molar-refractivity contribution in [2.75, 3.05) is 32.9 Å². The highest BCUT2D eigenvalue weighted by Crippen LogP contribution is 1.90. The summed E-state index contributed by atoms with van der Waals surface area (Å²) in [4.78, 5) is 0. The largest absolute Gasteiger partial charge is 0.389 e. The van der Waals surface area contributed by atoms with Crippen molar-refractivity contribution >= 4 is 0 Å². The predicted molar refractivity (Wildman–Crippen MR) is 65.6 cm³/mol. The molecule has 0 rings (SSSR count). The predicted octanol–water partition coefficient (Wildman–Crippen LogP) is 1.03. The van der Waals surface area contributed by atoms with E-state index in [9.17, 15) is 5.11 Å². The van der Waals surface area contributed by atoms with Gasteiger partial charge < -0.3 is 19.9 Å². The highest BCUT2D eigenvalue weighted by atomic mass is 16.5. The van der Waals surface area contributed by atoms with Crippen LogP contribution in [0.25, 0.3) is 0 Å². The molecule has 0 aliphatic rings. The van der Waals surface area contributed by atoms with Crippen molar-refractivity contribution in [2.24, 2.45) is 5.92 Å². The minimum Gasteiger partial charge on any atom is -0.389 e. The maximum Gasteiger partial charge on any atom is 0.0897 e. The minimum atomic E-state index is -0.433.